The lowest BCUT2D eigenvalue weighted by molar-refractivity contribution is -0.116. The molecule has 0 bridgehead atoms. The molecule has 0 saturated heterocycles. The van der Waals surface area contributed by atoms with Crippen LogP contribution in [0.2, 0.25) is 0 Å². The zero-order chi connectivity index (χ0) is 24.3. The highest BCUT2D eigenvalue weighted by molar-refractivity contribution is 9.10. The minimum atomic E-state index is -0.0195. The van der Waals surface area contributed by atoms with Crippen molar-refractivity contribution < 1.29 is 9.53 Å². The second-order valence-corrected chi connectivity index (χ2v) is 11.3. The molecule has 0 aliphatic heterocycles. The summed E-state index contributed by atoms with van der Waals surface area (Å²) >= 11 is 5.28. The van der Waals surface area contributed by atoms with E-state index in [2.05, 4.69) is 79.3 Å². The lowest BCUT2D eigenvalue weighted by Gasteiger charge is -2.20. The van der Waals surface area contributed by atoms with Crippen molar-refractivity contribution in [2.45, 2.75) is 46.0 Å². The molecular weight excluding hydrogens is 508 g/mol. The number of ether oxygens (including phenoxy) is 1. The summed E-state index contributed by atoms with van der Waals surface area (Å²) in [7, 11) is 0. The maximum atomic E-state index is 12.4. The number of anilines is 1. The molecule has 1 N–H and O–H groups in total. The Morgan fingerprint density at radius 3 is 2.53 bits per heavy atom. The van der Waals surface area contributed by atoms with Crippen LogP contribution in [-0.2, 0) is 10.2 Å². The number of carbonyl (C=O) groups is 1. The zero-order valence-electron chi connectivity index (χ0n) is 19.9. The molecule has 34 heavy (non-hydrogen) atoms. The highest BCUT2D eigenvalue weighted by Crippen LogP contribution is 2.32. The van der Waals surface area contributed by atoms with Crippen molar-refractivity contribution >= 4 is 49.1 Å². The number of carbonyl (C=O) groups excluding carboxylic acids is 1. The van der Waals surface area contributed by atoms with Crippen LogP contribution in [0.25, 0.3) is 20.8 Å². The SMILES string of the molecule is Cc1ccc2nc(-c3ccc(NC(=O)CCCOc4ccc(C(C)(C)C)cc4Br)cc3)sc2c1. The molecule has 4 aromatic rings. The van der Waals surface area contributed by atoms with Crippen molar-refractivity contribution in [3.05, 3.63) is 76.3 Å². The number of halogens is 1. The van der Waals surface area contributed by atoms with E-state index in [9.17, 15) is 4.79 Å². The molecule has 176 valence electrons. The fourth-order valence-corrected chi connectivity index (χ4v) is 5.14. The van der Waals surface area contributed by atoms with Gasteiger partial charge in [0, 0.05) is 17.7 Å². The van der Waals surface area contributed by atoms with Gasteiger partial charge in [-0.1, -0.05) is 32.9 Å². The number of thiazole rings is 1. The lowest BCUT2D eigenvalue weighted by atomic mass is 9.87. The Hall–Kier alpha value is -2.70. The molecular formula is C28H29BrN2O2S. The smallest absolute Gasteiger partial charge is 0.224 e. The number of rotatable bonds is 7. The summed E-state index contributed by atoms with van der Waals surface area (Å²) in [6, 6.07) is 20.3. The molecule has 1 heterocycles. The van der Waals surface area contributed by atoms with Gasteiger partial charge in [-0.05, 0) is 94.3 Å². The van der Waals surface area contributed by atoms with Gasteiger partial charge in [-0.25, -0.2) is 4.98 Å². The predicted octanol–water partition coefficient (Wildman–Crippen LogP) is 8.13. The van der Waals surface area contributed by atoms with Crippen LogP contribution in [0.15, 0.2) is 65.1 Å². The van der Waals surface area contributed by atoms with Crippen LogP contribution in [0.5, 0.6) is 5.75 Å². The van der Waals surface area contributed by atoms with Crippen molar-refractivity contribution in [2.24, 2.45) is 0 Å². The first-order valence-corrected chi connectivity index (χ1v) is 13.0. The molecule has 1 aromatic heterocycles. The topological polar surface area (TPSA) is 51.2 Å². The van der Waals surface area contributed by atoms with Crippen molar-refractivity contribution in [1.29, 1.82) is 0 Å². The fraction of sp³-hybridized carbons (Fsp3) is 0.286. The summed E-state index contributed by atoms with van der Waals surface area (Å²) in [6.07, 6.45) is 1.04. The largest absolute Gasteiger partial charge is 0.492 e. The van der Waals surface area contributed by atoms with Crippen LogP contribution in [0.3, 0.4) is 0 Å². The van der Waals surface area contributed by atoms with E-state index in [0.717, 1.165) is 32.0 Å². The maximum Gasteiger partial charge on any atom is 0.224 e. The van der Waals surface area contributed by atoms with Crippen molar-refractivity contribution in [3.8, 4) is 16.3 Å². The second-order valence-electron chi connectivity index (χ2n) is 9.46. The minimum Gasteiger partial charge on any atom is -0.492 e. The Kier molecular flexibility index (Phi) is 7.39. The lowest BCUT2D eigenvalue weighted by Crippen LogP contribution is -2.13. The first kappa shape index (κ1) is 24.4. The van der Waals surface area contributed by atoms with Gasteiger partial charge in [0.2, 0.25) is 5.91 Å². The first-order chi connectivity index (χ1) is 16.2. The van der Waals surface area contributed by atoms with E-state index in [0.29, 0.717) is 19.4 Å². The number of amides is 1. The molecule has 0 aliphatic carbocycles. The molecule has 0 spiro atoms. The Bertz CT molecular complexity index is 1310. The van der Waals surface area contributed by atoms with Gasteiger partial charge in [-0.2, -0.15) is 0 Å². The van der Waals surface area contributed by atoms with Gasteiger partial charge in [-0.15, -0.1) is 11.3 Å². The Labute approximate surface area is 213 Å². The van der Waals surface area contributed by atoms with Crippen LogP contribution in [0.1, 0.15) is 44.7 Å². The van der Waals surface area contributed by atoms with Gasteiger partial charge < -0.3 is 10.1 Å². The van der Waals surface area contributed by atoms with Crippen molar-refractivity contribution in [1.82, 2.24) is 4.98 Å². The third-order valence-corrected chi connectivity index (χ3v) is 7.25. The van der Waals surface area contributed by atoms with Crippen LogP contribution in [0.4, 0.5) is 5.69 Å². The van der Waals surface area contributed by atoms with E-state index in [1.54, 1.807) is 11.3 Å². The summed E-state index contributed by atoms with van der Waals surface area (Å²) < 4.78 is 7.99. The van der Waals surface area contributed by atoms with Crippen molar-refractivity contribution in [3.63, 3.8) is 0 Å². The average Bonchev–Trinajstić information content (AvgIpc) is 3.20. The molecule has 3 aromatic carbocycles. The number of nitrogens with zero attached hydrogens (tertiary/aromatic N) is 1. The van der Waals surface area contributed by atoms with E-state index in [1.807, 2.05) is 30.3 Å². The molecule has 6 heteroatoms. The summed E-state index contributed by atoms with van der Waals surface area (Å²) in [5.41, 5.74) is 5.42. The number of hydrogen-bond donors (Lipinski definition) is 1. The van der Waals surface area contributed by atoms with E-state index < -0.39 is 0 Å². The molecule has 0 atom stereocenters. The average molecular weight is 538 g/mol. The summed E-state index contributed by atoms with van der Waals surface area (Å²) in [5, 5.41) is 3.95. The van der Waals surface area contributed by atoms with E-state index in [-0.39, 0.29) is 11.3 Å². The number of fused-ring (bicyclic) bond motifs is 1. The van der Waals surface area contributed by atoms with E-state index in [1.165, 1.54) is 15.8 Å². The standard InChI is InChI=1S/C28H29BrN2O2S/c1-18-7-13-23-25(16-18)34-27(31-23)19-8-11-21(12-9-19)30-26(32)6-5-15-33-24-14-10-20(17-22(24)29)28(2,3)4/h7-14,16-17H,5-6,15H2,1-4H3,(H,30,32). The van der Waals surface area contributed by atoms with Gasteiger partial charge in [-0.3, -0.25) is 4.79 Å². The highest BCUT2D eigenvalue weighted by atomic mass is 79.9. The van der Waals surface area contributed by atoms with Gasteiger partial charge in [0.05, 0.1) is 21.3 Å². The molecule has 0 aliphatic rings. The number of hydrogen-bond acceptors (Lipinski definition) is 4. The molecule has 4 nitrogen and oxygen atoms in total. The monoisotopic (exact) mass is 536 g/mol. The first-order valence-electron chi connectivity index (χ1n) is 11.4. The Morgan fingerprint density at radius 2 is 1.82 bits per heavy atom. The van der Waals surface area contributed by atoms with Gasteiger partial charge >= 0.3 is 0 Å². The zero-order valence-corrected chi connectivity index (χ0v) is 22.3. The van der Waals surface area contributed by atoms with Crippen LogP contribution in [-0.4, -0.2) is 17.5 Å². The van der Waals surface area contributed by atoms with Gasteiger partial charge in [0.1, 0.15) is 10.8 Å². The predicted molar refractivity (Wildman–Crippen MR) is 146 cm³/mol. The van der Waals surface area contributed by atoms with Gasteiger partial charge in [0.15, 0.2) is 0 Å². The van der Waals surface area contributed by atoms with E-state index >= 15 is 0 Å². The fourth-order valence-electron chi connectivity index (χ4n) is 3.57. The number of aromatic nitrogens is 1. The molecule has 0 radical (unpaired) electrons. The number of nitrogens with one attached hydrogen (secondary N) is 1. The summed E-state index contributed by atoms with van der Waals surface area (Å²) in [4.78, 5) is 17.1. The Balaban J connectivity index is 1.26. The summed E-state index contributed by atoms with van der Waals surface area (Å²) in [6.45, 7) is 9.12. The number of aryl methyl sites for hydroxylation is 1. The third kappa shape index (κ3) is 6.05. The molecule has 0 unspecified atom stereocenters. The van der Waals surface area contributed by atoms with Crippen LogP contribution < -0.4 is 10.1 Å². The van der Waals surface area contributed by atoms with Gasteiger partial charge in [0.25, 0.3) is 0 Å². The maximum absolute atomic E-state index is 12.4. The molecule has 0 saturated carbocycles. The normalized spacial score (nSPS) is 11.6. The second kappa shape index (κ2) is 10.3. The third-order valence-electron chi connectivity index (χ3n) is 5.56. The molecule has 0 fully saturated rings. The molecule has 4 rings (SSSR count). The quantitative estimate of drug-likeness (QED) is 0.242. The van der Waals surface area contributed by atoms with E-state index in [4.69, 9.17) is 9.72 Å². The molecule has 1 amide bonds. The van der Waals surface area contributed by atoms with Crippen molar-refractivity contribution in [2.75, 3.05) is 11.9 Å². The Morgan fingerprint density at radius 1 is 1.06 bits per heavy atom. The summed E-state index contributed by atoms with van der Waals surface area (Å²) in [5.74, 6) is 0.781. The number of benzene rings is 3. The van der Waals surface area contributed by atoms with Crippen LogP contribution >= 0.6 is 27.3 Å². The minimum absolute atomic E-state index is 0.0195. The van der Waals surface area contributed by atoms with Crippen LogP contribution in [0, 0.1) is 6.92 Å². The highest BCUT2D eigenvalue weighted by Gasteiger charge is 2.15.